The number of carbonyl (C=O) groups excluding carboxylic acids is 1. The van der Waals surface area contributed by atoms with Gasteiger partial charge in [0.1, 0.15) is 28.8 Å². The SMILES string of the molecule is C[C@@H]1CN=C(c2cc(Oc3cccc(/C=C/C(=O)Nc4ccc(F)c(C(F)(F)F)c4)c3)ccn2)N1. The molecule has 4 rings (SSSR count). The van der Waals surface area contributed by atoms with Gasteiger partial charge in [0.15, 0.2) is 0 Å². The van der Waals surface area contributed by atoms with Gasteiger partial charge < -0.3 is 15.4 Å². The smallest absolute Gasteiger partial charge is 0.419 e. The third kappa shape index (κ3) is 6.23. The van der Waals surface area contributed by atoms with Crippen molar-refractivity contribution in [2.45, 2.75) is 19.1 Å². The topological polar surface area (TPSA) is 75.6 Å². The molecule has 35 heavy (non-hydrogen) atoms. The van der Waals surface area contributed by atoms with E-state index in [0.29, 0.717) is 47.3 Å². The number of nitrogens with zero attached hydrogens (tertiary/aromatic N) is 2. The van der Waals surface area contributed by atoms with Crippen LogP contribution in [0.1, 0.15) is 23.7 Å². The van der Waals surface area contributed by atoms with Gasteiger partial charge in [-0.2, -0.15) is 13.2 Å². The molecule has 180 valence electrons. The molecule has 3 aromatic rings. The minimum atomic E-state index is -4.86. The highest BCUT2D eigenvalue weighted by Gasteiger charge is 2.34. The van der Waals surface area contributed by atoms with E-state index in [9.17, 15) is 22.4 Å². The van der Waals surface area contributed by atoms with E-state index in [0.717, 1.165) is 12.1 Å². The Morgan fingerprint density at radius 1 is 1.14 bits per heavy atom. The molecule has 1 amide bonds. The zero-order valence-corrected chi connectivity index (χ0v) is 18.4. The Morgan fingerprint density at radius 3 is 2.69 bits per heavy atom. The highest BCUT2D eigenvalue weighted by atomic mass is 19.4. The second-order valence-corrected chi connectivity index (χ2v) is 7.80. The first kappa shape index (κ1) is 23.9. The third-order valence-corrected chi connectivity index (χ3v) is 4.94. The van der Waals surface area contributed by atoms with Crippen molar-refractivity contribution in [1.82, 2.24) is 10.3 Å². The number of hydrogen-bond acceptors (Lipinski definition) is 5. The molecule has 1 aliphatic rings. The fourth-order valence-corrected chi connectivity index (χ4v) is 3.31. The highest BCUT2D eigenvalue weighted by Crippen LogP contribution is 2.33. The van der Waals surface area contributed by atoms with Crippen molar-refractivity contribution in [2.24, 2.45) is 4.99 Å². The van der Waals surface area contributed by atoms with Crippen LogP contribution in [0, 0.1) is 5.82 Å². The summed E-state index contributed by atoms with van der Waals surface area (Å²) in [6.45, 7) is 2.70. The Morgan fingerprint density at radius 2 is 1.94 bits per heavy atom. The molecule has 0 radical (unpaired) electrons. The van der Waals surface area contributed by atoms with Crippen molar-refractivity contribution in [1.29, 1.82) is 0 Å². The van der Waals surface area contributed by atoms with Crippen LogP contribution < -0.4 is 15.4 Å². The van der Waals surface area contributed by atoms with Crippen LogP contribution in [0.25, 0.3) is 6.08 Å². The summed E-state index contributed by atoms with van der Waals surface area (Å²) in [4.78, 5) is 20.9. The van der Waals surface area contributed by atoms with E-state index in [-0.39, 0.29) is 11.7 Å². The van der Waals surface area contributed by atoms with Crippen molar-refractivity contribution in [3.05, 3.63) is 89.5 Å². The third-order valence-electron chi connectivity index (χ3n) is 4.94. The monoisotopic (exact) mass is 484 g/mol. The van der Waals surface area contributed by atoms with Crippen molar-refractivity contribution in [2.75, 3.05) is 11.9 Å². The normalized spacial score (nSPS) is 15.6. The van der Waals surface area contributed by atoms with E-state index >= 15 is 0 Å². The van der Waals surface area contributed by atoms with Gasteiger partial charge in [-0.3, -0.25) is 14.8 Å². The molecule has 1 aromatic heterocycles. The molecular weight excluding hydrogens is 464 g/mol. The molecular formula is C25H20F4N4O2. The molecule has 0 fully saturated rings. The Labute approximate surface area is 198 Å². The minimum absolute atomic E-state index is 0.172. The molecule has 0 saturated carbocycles. The number of pyridine rings is 1. The van der Waals surface area contributed by atoms with Crippen LogP contribution in [0.3, 0.4) is 0 Å². The van der Waals surface area contributed by atoms with Gasteiger partial charge >= 0.3 is 6.18 Å². The zero-order valence-electron chi connectivity index (χ0n) is 18.4. The number of ether oxygens (including phenoxy) is 1. The predicted octanol–water partition coefficient (Wildman–Crippen LogP) is 5.42. The van der Waals surface area contributed by atoms with Crippen molar-refractivity contribution >= 4 is 23.5 Å². The van der Waals surface area contributed by atoms with Crippen LogP contribution in [0.4, 0.5) is 23.2 Å². The lowest BCUT2D eigenvalue weighted by atomic mass is 10.1. The fourth-order valence-electron chi connectivity index (χ4n) is 3.31. The highest BCUT2D eigenvalue weighted by molar-refractivity contribution is 6.02. The molecule has 1 aliphatic heterocycles. The number of alkyl halides is 3. The van der Waals surface area contributed by atoms with E-state index in [1.165, 1.54) is 6.08 Å². The van der Waals surface area contributed by atoms with Gasteiger partial charge in [0.25, 0.3) is 0 Å². The first-order chi connectivity index (χ1) is 16.7. The second-order valence-electron chi connectivity index (χ2n) is 7.80. The minimum Gasteiger partial charge on any atom is -0.457 e. The summed E-state index contributed by atoms with van der Waals surface area (Å²) >= 11 is 0. The van der Waals surface area contributed by atoms with Gasteiger partial charge in [0, 0.05) is 30.1 Å². The zero-order chi connectivity index (χ0) is 25.0. The van der Waals surface area contributed by atoms with Gasteiger partial charge in [-0.15, -0.1) is 0 Å². The molecule has 6 nitrogen and oxygen atoms in total. The van der Waals surface area contributed by atoms with E-state index < -0.39 is 23.5 Å². The van der Waals surface area contributed by atoms with Gasteiger partial charge in [0.05, 0.1) is 12.1 Å². The summed E-state index contributed by atoms with van der Waals surface area (Å²) in [6, 6.07) is 12.9. The number of rotatable bonds is 6. The number of hydrogen-bond donors (Lipinski definition) is 2. The Kier molecular flexibility index (Phi) is 6.81. The molecule has 2 N–H and O–H groups in total. The molecule has 0 saturated heterocycles. The molecule has 10 heteroatoms. The Hall–Kier alpha value is -4.21. The number of anilines is 1. The number of halogens is 4. The standard InChI is InChI=1S/C25H20F4N4O2/c1-15-14-31-24(32-15)22-13-19(9-10-30-22)35-18-4-2-3-16(11-18)5-8-23(34)33-17-6-7-21(26)20(12-17)25(27,28)29/h2-13,15H,14H2,1H3,(H,31,32)(H,33,34)/b8-5+/t15-/m1/s1. The molecule has 2 aromatic carbocycles. The average Bonchev–Trinajstić information content (AvgIpc) is 3.25. The molecule has 2 heterocycles. The van der Waals surface area contributed by atoms with Crippen LogP contribution in [-0.4, -0.2) is 29.3 Å². The lowest BCUT2D eigenvalue weighted by molar-refractivity contribution is -0.140. The maximum absolute atomic E-state index is 13.4. The van der Waals surface area contributed by atoms with Crippen molar-refractivity contribution in [3.8, 4) is 11.5 Å². The second kappa shape index (κ2) is 9.96. The maximum Gasteiger partial charge on any atom is 0.419 e. The summed E-state index contributed by atoms with van der Waals surface area (Å²) in [7, 11) is 0. The summed E-state index contributed by atoms with van der Waals surface area (Å²) < 4.78 is 57.9. The number of amidine groups is 1. The van der Waals surface area contributed by atoms with Crippen LogP contribution >= 0.6 is 0 Å². The molecule has 0 bridgehead atoms. The number of carbonyl (C=O) groups is 1. The van der Waals surface area contributed by atoms with E-state index in [1.54, 1.807) is 42.6 Å². The lowest BCUT2D eigenvalue weighted by Crippen LogP contribution is -2.28. The molecule has 0 aliphatic carbocycles. The first-order valence-corrected chi connectivity index (χ1v) is 10.6. The average molecular weight is 484 g/mol. The summed E-state index contributed by atoms with van der Waals surface area (Å²) in [5.41, 5.74) is -0.338. The molecule has 0 unspecified atom stereocenters. The lowest BCUT2D eigenvalue weighted by Gasteiger charge is -2.10. The number of aliphatic imine (C=N–C) groups is 1. The van der Waals surface area contributed by atoms with E-state index in [4.69, 9.17) is 4.74 Å². The van der Waals surface area contributed by atoms with Crippen LogP contribution in [0.5, 0.6) is 11.5 Å². The van der Waals surface area contributed by atoms with Gasteiger partial charge in [0.2, 0.25) is 5.91 Å². The molecule has 0 spiro atoms. The van der Waals surface area contributed by atoms with Crippen LogP contribution in [0.2, 0.25) is 0 Å². The summed E-state index contributed by atoms with van der Waals surface area (Å²) in [5.74, 6) is -0.322. The predicted molar refractivity (Wildman–Crippen MR) is 124 cm³/mol. The fraction of sp³-hybridized carbons (Fsp3) is 0.160. The van der Waals surface area contributed by atoms with Gasteiger partial charge in [-0.05, 0) is 55.0 Å². The Bertz CT molecular complexity index is 1300. The quantitative estimate of drug-likeness (QED) is 0.362. The molecule has 1 atom stereocenters. The largest absolute Gasteiger partial charge is 0.457 e. The number of aromatic nitrogens is 1. The van der Waals surface area contributed by atoms with Crippen molar-refractivity contribution in [3.63, 3.8) is 0 Å². The maximum atomic E-state index is 13.4. The van der Waals surface area contributed by atoms with E-state index in [2.05, 4.69) is 20.6 Å². The van der Waals surface area contributed by atoms with Crippen LogP contribution in [0.15, 0.2) is 71.9 Å². The summed E-state index contributed by atoms with van der Waals surface area (Å²) in [5, 5.41) is 5.53. The number of benzene rings is 2. The first-order valence-electron chi connectivity index (χ1n) is 10.6. The van der Waals surface area contributed by atoms with Crippen molar-refractivity contribution < 1.29 is 27.1 Å². The number of amides is 1. The van der Waals surface area contributed by atoms with Gasteiger partial charge in [-0.25, -0.2) is 4.39 Å². The van der Waals surface area contributed by atoms with Crippen LogP contribution in [-0.2, 0) is 11.0 Å². The summed E-state index contributed by atoms with van der Waals surface area (Å²) in [6.07, 6.45) is -0.611. The number of nitrogens with one attached hydrogen (secondary N) is 2. The van der Waals surface area contributed by atoms with E-state index in [1.807, 2.05) is 6.92 Å². The Balaban J connectivity index is 1.42. The van der Waals surface area contributed by atoms with Gasteiger partial charge in [-0.1, -0.05) is 12.1 Å².